The third-order valence-corrected chi connectivity index (χ3v) is 7.09. The molecule has 0 fully saturated rings. The first kappa shape index (κ1) is 27.8. The largest absolute Gasteiger partial charge is 0.496 e. The van der Waals surface area contributed by atoms with Crippen LogP contribution in [0.5, 0.6) is 17.2 Å². The van der Waals surface area contributed by atoms with E-state index in [1.54, 1.807) is 25.3 Å². The number of aliphatic hydroxyl groups is 1. The lowest BCUT2D eigenvalue weighted by atomic mass is 9.83. The lowest BCUT2D eigenvalue weighted by Gasteiger charge is -2.26. The number of methoxy groups -OCH3 is 1. The fourth-order valence-corrected chi connectivity index (χ4v) is 5.22. The van der Waals surface area contributed by atoms with Crippen molar-refractivity contribution < 1.29 is 27.7 Å². The zero-order valence-electron chi connectivity index (χ0n) is 21.9. The Morgan fingerprint density at radius 1 is 1.03 bits per heavy atom. The van der Waals surface area contributed by atoms with Crippen molar-refractivity contribution in [3.05, 3.63) is 83.4 Å². The molecular formula is C29H36N2O6S. The molecule has 3 N–H and O–H groups in total. The highest BCUT2D eigenvalue weighted by Crippen LogP contribution is 2.32. The minimum atomic E-state index is -3.53. The molecule has 9 heteroatoms. The van der Waals surface area contributed by atoms with Gasteiger partial charge in [0.2, 0.25) is 10.0 Å². The van der Waals surface area contributed by atoms with E-state index in [0.717, 1.165) is 43.4 Å². The Labute approximate surface area is 225 Å². The van der Waals surface area contributed by atoms with Gasteiger partial charge in [-0.25, -0.2) is 8.42 Å². The summed E-state index contributed by atoms with van der Waals surface area (Å²) in [6.07, 6.45) is 3.42. The first-order valence-corrected chi connectivity index (χ1v) is 14.6. The van der Waals surface area contributed by atoms with Gasteiger partial charge in [-0.15, -0.1) is 0 Å². The molecule has 3 aromatic rings. The van der Waals surface area contributed by atoms with Gasteiger partial charge in [-0.1, -0.05) is 42.5 Å². The smallest absolute Gasteiger partial charge is 0.229 e. The van der Waals surface area contributed by atoms with Crippen LogP contribution in [0.2, 0.25) is 0 Å². The van der Waals surface area contributed by atoms with E-state index in [-0.39, 0.29) is 12.3 Å². The van der Waals surface area contributed by atoms with E-state index in [1.807, 2.05) is 42.5 Å². The van der Waals surface area contributed by atoms with Crippen molar-refractivity contribution in [1.29, 1.82) is 0 Å². The summed E-state index contributed by atoms with van der Waals surface area (Å²) in [5.74, 6) is 2.28. The van der Waals surface area contributed by atoms with Crippen molar-refractivity contribution in [2.45, 2.75) is 32.0 Å². The zero-order valence-corrected chi connectivity index (χ0v) is 22.7. The molecule has 2 atom stereocenters. The summed E-state index contributed by atoms with van der Waals surface area (Å²) in [5, 5.41) is 13.8. The van der Waals surface area contributed by atoms with Crippen LogP contribution in [-0.2, 0) is 29.5 Å². The van der Waals surface area contributed by atoms with Crippen LogP contribution in [0.4, 0.5) is 5.69 Å². The molecule has 0 heterocycles. The summed E-state index contributed by atoms with van der Waals surface area (Å²) in [5.41, 5.74) is 3.88. The van der Waals surface area contributed by atoms with Crippen LogP contribution in [0.25, 0.3) is 0 Å². The fraction of sp³-hybridized carbons (Fsp3) is 0.379. The van der Waals surface area contributed by atoms with Crippen LogP contribution >= 0.6 is 0 Å². The Hall–Kier alpha value is -3.27. The van der Waals surface area contributed by atoms with Gasteiger partial charge in [0.05, 0.1) is 19.1 Å². The number of ether oxygens (including phenoxy) is 3. The van der Waals surface area contributed by atoms with E-state index in [9.17, 15) is 13.5 Å². The Morgan fingerprint density at radius 2 is 1.84 bits per heavy atom. The second-order valence-electron chi connectivity index (χ2n) is 9.64. The molecule has 0 saturated heterocycles. The molecule has 0 radical (unpaired) electrons. The first-order valence-electron chi connectivity index (χ1n) is 12.8. The van der Waals surface area contributed by atoms with Gasteiger partial charge in [-0.2, -0.15) is 0 Å². The van der Waals surface area contributed by atoms with Crippen molar-refractivity contribution in [2.75, 3.05) is 37.8 Å². The summed E-state index contributed by atoms with van der Waals surface area (Å²) < 4.78 is 43.4. The van der Waals surface area contributed by atoms with Gasteiger partial charge >= 0.3 is 0 Å². The molecule has 1 unspecified atom stereocenters. The van der Waals surface area contributed by atoms with Gasteiger partial charge in [0.25, 0.3) is 0 Å². The highest BCUT2D eigenvalue weighted by molar-refractivity contribution is 7.92. The molecule has 4 rings (SSSR count). The zero-order chi connectivity index (χ0) is 27.0. The Kier molecular flexibility index (Phi) is 9.49. The monoisotopic (exact) mass is 540 g/mol. The van der Waals surface area contributed by atoms with E-state index < -0.39 is 16.1 Å². The van der Waals surface area contributed by atoms with Crippen LogP contribution in [0.1, 0.15) is 23.1 Å². The van der Waals surface area contributed by atoms with Crippen LogP contribution < -0.4 is 24.2 Å². The van der Waals surface area contributed by atoms with E-state index in [4.69, 9.17) is 14.2 Å². The Bertz CT molecular complexity index is 1300. The molecule has 0 bridgehead atoms. The minimum Gasteiger partial charge on any atom is -0.496 e. The third kappa shape index (κ3) is 8.11. The summed E-state index contributed by atoms with van der Waals surface area (Å²) >= 11 is 0. The molecule has 0 spiro atoms. The van der Waals surface area contributed by atoms with Crippen molar-refractivity contribution in [2.24, 2.45) is 5.92 Å². The molecule has 0 amide bonds. The van der Waals surface area contributed by atoms with Crippen LogP contribution in [0, 0.1) is 5.92 Å². The molecule has 1 aliphatic carbocycles. The number of aliphatic hydroxyl groups excluding tert-OH is 1. The summed E-state index contributed by atoms with van der Waals surface area (Å²) in [7, 11) is -1.82. The van der Waals surface area contributed by atoms with E-state index in [2.05, 4.69) is 16.1 Å². The number of nitrogens with one attached hydrogen (secondary N) is 2. The lowest BCUT2D eigenvalue weighted by molar-refractivity contribution is 0.105. The van der Waals surface area contributed by atoms with Crippen LogP contribution in [0.3, 0.4) is 0 Å². The predicted molar refractivity (Wildman–Crippen MR) is 149 cm³/mol. The Balaban J connectivity index is 1.26. The maximum Gasteiger partial charge on any atom is 0.229 e. The number of sulfonamides is 1. The van der Waals surface area contributed by atoms with Gasteiger partial charge < -0.3 is 24.6 Å². The average Bonchev–Trinajstić information content (AvgIpc) is 2.90. The number of fused-ring (bicyclic) bond motifs is 1. The van der Waals surface area contributed by atoms with Crippen molar-refractivity contribution in [3.63, 3.8) is 0 Å². The summed E-state index contributed by atoms with van der Waals surface area (Å²) in [6.45, 7) is 1.57. The van der Waals surface area contributed by atoms with E-state index >= 15 is 0 Å². The highest BCUT2D eigenvalue weighted by atomic mass is 32.2. The van der Waals surface area contributed by atoms with Gasteiger partial charge in [0, 0.05) is 12.6 Å². The van der Waals surface area contributed by atoms with E-state index in [1.165, 1.54) is 11.1 Å². The molecular weight excluding hydrogens is 504 g/mol. The third-order valence-electron chi connectivity index (χ3n) is 6.50. The highest BCUT2D eigenvalue weighted by Gasteiger charge is 2.21. The standard InChI is InChI=1S/C29H36N2O6S/c1-35-28-10-6-9-23-15-22(11-13-26(23)28)17-30-18-24(32)20-36-25-12-14-29(27(16-25)31-38(2,33)34)37-19-21-7-4-3-5-8-21/h3-10,12,14,16,22,24,30-32H,11,13,15,17-20H2,1-2H3/t22?,24-/m0/s1. The van der Waals surface area contributed by atoms with Crippen molar-refractivity contribution in [1.82, 2.24) is 5.32 Å². The quantitative estimate of drug-likeness (QED) is 0.303. The number of hydrogen-bond donors (Lipinski definition) is 3. The summed E-state index contributed by atoms with van der Waals surface area (Å²) in [4.78, 5) is 0. The van der Waals surface area contributed by atoms with E-state index in [0.29, 0.717) is 30.6 Å². The number of hydrogen-bond acceptors (Lipinski definition) is 7. The maximum absolute atomic E-state index is 11.9. The second kappa shape index (κ2) is 13.0. The van der Waals surface area contributed by atoms with Gasteiger partial charge in [0.1, 0.15) is 36.6 Å². The molecule has 0 aliphatic heterocycles. The van der Waals surface area contributed by atoms with Crippen LogP contribution in [-0.4, -0.2) is 52.7 Å². The molecule has 38 heavy (non-hydrogen) atoms. The lowest BCUT2D eigenvalue weighted by Crippen LogP contribution is -2.35. The van der Waals surface area contributed by atoms with Crippen molar-refractivity contribution >= 4 is 15.7 Å². The first-order chi connectivity index (χ1) is 18.3. The fourth-order valence-electron chi connectivity index (χ4n) is 4.66. The molecule has 204 valence electrons. The minimum absolute atomic E-state index is 0.0697. The number of anilines is 1. The SMILES string of the molecule is COc1cccc2c1CCC(CNC[C@H](O)COc1ccc(OCc3ccccc3)c(NS(C)(=O)=O)c1)C2. The van der Waals surface area contributed by atoms with Crippen LogP contribution in [0.15, 0.2) is 66.7 Å². The maximum atomic E-state index is 11.9. The number of rotatable bonds is 13. The van der Waals surface area contributed by atoms with Crippen molar-refractivity contribution in [3.8, 4) is 17.2 Å². The molecule has 0 saturated carbocycles. The average molecular weight is 541 g/mol. The second-order valence-corrected chi connectivity index (χ2v) is 11.4. The molecule has 0 aromatic heterocycles. The van der Waals surface area contributed by atoms with Gasteiger partial charge in [-0.05, 0) is 66.6 Å². The van der Waals surface area contributed by atoms with Gasteiger partial charge in [-0.3, -0.25) is 4.72 Å². The molecule has 3 aromatic carbocycles. The normalized spacial score (nSPS) is 15.8. The Morgan fingerprint density at radius 3 is 2.61 bits per heavy atom. The predicted octanol–water partition coefficient (Wildman–Crippen LogP) is 3.78. The van der Waals surface area contributed by atoms with Gasteiger partial charge in [0.15, 0.2) is 0 Å². The number of benzene rings is 3. The summed E-state index contributed by atoms with van der Waals surface area (Å²) in [6, 6.07) is 20.7. The molecule has 1 aliphatic rings. The topological polar surface area (TPSA) is 106 Å². The molecule has 8 nitrogen and oxygen atoms in total.